The maximum atomic E-state index is 11.1. The summed E-state index contributed by atoms with van der Waals surface area (Å²) in [6.07, 6.45) is -1.04. The lowest BCUT2D eigenvalue weighted by Gasteiger charge is -2.18. The van der Waals surface area contributed by atoms with Crippen molar-refractivity contribution in [2.45, 2.75) is 39.5 Å². The normalized spacial score (nSPS) is 15.6. The SMILES string of the molecule is CCn1nc(C(O)C(N)C(C)C)oc1=O. The van der Waals surface area contributed by atoms with Crippen LogP contribution in [0.2, 0.25) is 0 Å². The Hall–Kier alpha value is -1.14. The fraction of sp³-hybridized carbons (Fsp3) is 0.778. The molecule has 0 bridgehead atoms. The maximum Gasteiger partial charge on any atom is 0.437 e. The average Bonchev–Trinajstić information content (AvgIpc) is 2.57. The molecule has 0 spiro atoms. The van der Waals surface area contributed by atoms with Gasteiger partial charge in [0.1, 0.15) is 6.10 Å². The van der Waals surface area contributed by atoms with E-state index < -0.39 is 17.9 Å². The lowest BCUT2D eigenvalue weighted by molar-refractivity contribution is 0.0958. The van der Waals surface area contributed by atoms with Crippen molar-refractivity contribution >= 4 is 0 Å². The molecule has 0 radical (unpaired) electrons. The molecule has 0 aromatic carbocycles. The summed E-state index contributed by atoms with van der Waals surface area (Å²) in [6, 6.07) is -0.492. The highest BCUT2D eigenvalue weighted by Crippen LogP contribution is 2.16. The summed E-state index contributed by atoms with van der Waals surface area (Å²) in [6.45, 7) is 5.93. The molecule has 6 nitrogen and oxygen atoms in total. The topological polar surface area (TPSA) is 94.3 Å². The standard InChI is InChI=1S/C9H17N3O3/c1-4-12-9(14)15-8(11-12)7(13)6(10)5(2)3/h5-7,13H,4,10H2,1-3H3. The highest BCUT2D eigenvalue weighted by molar-refractivity contribution is 4.89. The van der Waals surface area contributed by atoms with Crippen molar-refractivity contribution in [1.29, 1.82) is 0 Å². The number of hydrogen-bond donors (Lipinski definition) is 2. The molecule has 15 heavy (non-hydrogen) atoms. The summed E-state index contributed by atoms with van der Waals surface area (Å²) < 4.78 is 5.95. The van der Waals surface area contributed by atoms with E-state index in [9.17, 15) is 9.90 Å². The van der Waals surface area contributed by atoms with Gasteiger partial charge in [-0.3, -0.25) is 0 Å². The zero-order chi connectivity index (χ0) is 11.6. The Bertz CT molecular complexity index is 369. The summed E-state index contributed by atoms with van der Waals surface area (Å²) in [5.74, 6) is -0.498. The van der Waals surface area contributed by atoms with E-state index >= 15 is 0 Å². The van der Waals surface area contributed by atoms with E-state index in [0.29, 0.717) is 6.54 Å². The number of aliphatic hydroxyl groups is 1. The molecule has 86 valence electrons. The molecule has 2 atom stereocenters. The minimum atomic E-state index is -1.04. The van der Waals surface area contributed by atoms with Crippen molar-refractivity contribution in [2.75, 3.05) is 0 Å². The predicted molar refractivity (Wildman–Crippen MR) is 54.2 cm³/mol. The minimum Gasteiger partial charge on any atom is -0.389 e. The number of aryl methyl sites for hydroxylation is 1. The molecule has 1 aromatic heterocycles. The first-order valence-corrected chi connectivity index (χ1v) is 4.98. The third-order valence-electron chi connectivity index (χ3n) is 2.31. The molecule has 0 fully saturated rings. The largest absolute Gasteiger partial charge is 0.437 e. The van der Waals surface area contributed by atoms with Crippen LogP contribution in [-0.2, 0) is 6.54 Å². The Morgan fingerprint density at radius 1 is 1.60 bits per heavy atom. The van der Waals surface area contributed by atoms with Gasteiger partial charge in [0, 0.05) is 12.6 Å². The molecule has 6 heteroatoms. The van der Waals surface area contributed by atoms with Crippen LogP contribution in [0.15, 0.2) is 9.21 Å². The van der Waals surface area contributed by atoms with Crippen LogP contribution < -0.4 is 11.5 Å². The number of aromatic nitrogens is 2. The van der Waals surface area contributed by atoms with Gasteiger partial charge in [0.15, 0.2) is 0 Å². The zero-order valence-electron chi connectivity index (χ0n) is 9.17. The van der Waals surface area contributed by atoms with Gasteiger partial charge in [-0.15, -0.1) is 5.10 Å². The second-order valence-electron chi connectivity index (χ2n) is 3.79. The van der Waals surface area contributed by atoms with Crippen LogP contribution in [0.5, 0.6) is 0 Å². The van der Waals surface area contributed by atoms with Crippen LogP contribution in [0.1, 0.15) is 32.8 Å². The van der Waals surface area contributed by atoms with E-state index in [1.54, 1.807) is 6.92 Å². The molecule has 0 aliphatic rings. The smallest absolute Gasteiger partial charge is 0.389 e. The monoisotopic (exact) mass is 215 g/mol. The molecule has 3 N–H and O–H groups in total. The molecule has 1 rings (SSSR count). The van der Waals surface area contributed by atoms with Crippen LogP contribution in [0.3, 0.4) is 0 Å². The molecule has 0 aliphatic heterocycles. The third-order valence-corrected chi connectivity index (χ3v) is 2.31. The van der Waals surface area contributed by atoms with Gasteiger partial charge in [0.2, 0.25) is 5.89 Å². The Morgan fingerprint density at radius 2 is 2.20 bits per heavy atom. The number of rotatable bonds is 4. The number of nitrogens with zero attached hydrogens (tertiary/aromatic N) is 2. The van der Waals surface area contributed by atoms with Gasteiger partial charge in [0.05, 0.1) is 0 Å². The van der Waals surface area contributed by atoms with Gasteiger partial charge in [-0.25, -0.2) is 4.79 Å². The number of aliphatic hydroxyl groups excluding tert-OH is 1. The van der Waals surface area contributed by atoms with Crippen molar-refractivity contribution in [3.8, 4) is 0 Å². The molecule has 0 saturated carbocycles. The van der Waals surface area contributed by atoms with Crippen LogP contribution in [0.4, 0.5) is 0 Å². The highest BCUT2D eigenvalue weighted by Gasteiger charge is 2.25. The lowest BCUT2D eigenvalue weighted by Crippen LogP contribution is -2.33. The second kappa shape index (κ2) is 4.59. The quantitative estimate of drug-likeness (QED) is 0.729. The molecule has 2 unspecified atom stereocenters. The van der Waals surface area contributed by atoms with Crippen molar-refractivity contribution in [3.63, 3.8) is 0 Å². The minimum absolute atomic E-state index is 0.0111. The van der Waals surface area contributed by atoms with Gasteiger partial charge in [-0.1, -0.05) is 13.8 Å². The third kappa shape index (κ3) is 2.45. The fourth-order valence-electron chi connectivity index (χ4n) is 1.17. The van der Waals surface area contributed by atoms with Gasteiger partial charge >= 0.3 is 5.76 Å². The maximum absolute atomic E-state index is 11.1. The van der Waals surface area contributed by atoms with Crippen molar-refractivity contribution in [3.05, 3.63) is 16.4 Å². The Morgan fingerprint density at radius 3 is 2.60 bits per heavy atom. The first kappa shape index (κ1) is 11.9. The van der Waals surface area contributed by atoms with Crippen molar-refractivity contribution < 1.29 is 9.52 Å². The number of nitrogens with two attached hydrogens (primary N) is 1. The van der Waals surface area contributed by atoms with E-state index in [1.165, 1.54) is 0 Å². The van der Waals surface area contributed by atoms with Crippen molar-refractivity contribution in [2.24, 2.45) is 11.7 Å². The highest BCUT2D eigenvalue weighted by atomic mass is 16.4. The second-order valence-corrected chi connectivity index (χ2v) is 3.79. The van der Waals surface area contributed by atoms with E-state index in [-0.39, 0.29) is 11.8 Å². The summed E-state index contributed by atoms with van der Waals surface area (Å²) in [4.78, 5) is 11.1. The molecule has 1 aromatic rings. The summed E-state index contributed by atoms with van der Waals surface area (Å²) in [5, 5.41) is 13.6. The van der Waals surface area contributed by atoms with Crippen LogP contribution in [0, 0.1) is 5.92 Å². The molecule has 0 amide bonds. The molecule has 0 aliphatic carbocycles. The van der Waals surface area contributed by atoms with Gasteiger partial charge in [-0.05, 0) is 12.8 Å². The van der Waals surface area contributed by atoms with E-state index in [2.05, 4.69) is 5.10 Å². The van der Waals surface area contributed by atoms with Crippen LogP contribution >= 0.6 is 0 Å². The lowest BCUT2D eigenvalue weighted by atomic mass is 10.00. The summed E-state index contributed by atoms with van der Waals surface area (Å²) >= 11 is 0. The summed E-state index contributed by atoms with van der Waals surface area (Å²) in [7, 11) is 0. The van der Waals surface area contributed by atoms with Gasteiger partial charge < -0.3 is 15.3 Å². The van der Waals surface area contributed by atoms with Crippen LogP contribution in [-0.4, -0.2) is 20.9 Å². The average molecular weight is 215 g/mol. The van der Waals surface area contributed by atoms with Crippen LogP contribution in [0.25, 0.3) is 0 Å². The fourth-order valence-corrected chi connectivity index (χ4v) is 1.17. The summed E-state index contributed by atoms with van der Waals surface area (Å²) in [5.41, 5.74) is 5.73. The molecular formula is C9H17N3O3. The van der Waals surface area contributed by atoms with E-state index in [1.807, 2.05) is 13.8 Å². The first-order chi connectivity index (χ1) is 6.97. The number of hydrogen-bond acceptors (Lipinski definition) is 5. The Labute approximate surface area is 87.7 Å². The van der Waals surface area contributed by atoms with E-state index in [0.717, 1.165) is 4.68 Å². The first-order valence-electron chi connectivity index (χ1n) is 4.98. The Balaban J connectivity index is 2.91. The predicted octanol–water partition coefficient (Wildman–Crippen LogP) is -0.127. The van der Waals surface area contributed by atoms with Gasteiger partial charge in [0.25, 0.3) is 0 Å². The Kier molecular flexibility index (Phi) is 3.65. The molecular weight excluding hydrogens is 198 g/mol. The van der Waals surface area contributed by atoms with E-state index in [4.69, 9.17) is 10.2 Å². The zero-order valence-corrected chi connectivity index (χ0v) is 9.17. The molecule has 0 saturated heterocycles. The van der Waals surface area contributed by atoms with Gasteiger partial charge in [-0.2, -0.15) is 4.68 Å². The molecule has 1 heterocycles. The van der Waals surface area contributed by atoms with Crippen molar-refractivity contribution in [1.82, 2.24) is 9.78 Å².